The summed E-state index contributed by atoms with van der Waals surface area (Å²) < 4.78 is 44.3. The molecule has 0 saturated heterocycles. The number of alkyl halides is 3. The van der Waals surface area contributed by atoms with E-state index < -0.39 is 29.7 Å². The number of rotatable bonds is 8. The third kappa shape index (κ3) is 6.34. The topological polar surface area (TPSA) is 75.6 Å². The molecule has 166 valence electrons. The molecule has 0 fully saturated rings. The lowest BCUT2D eigenvalue weighted by molar-refractivity contribution is -0.139. The van der Waals surface area contributed by atoms with Crippen molar-refractivity contribution >= 4 is 11.9 Å². The molecule has 0 aliphatic carbocycles. The molecule has 1 atom stereocenters. The molecular weight excluding hydrogens is 423 g/mol. The van der Waals surface area contributed by atoms with Crippen LogP contribution in [0.3, 0.4) is 0 Å². The van der Waals surface area contributed by atoms with E-state index in [0.29, 0.717) is 24.0 Å². The summed E-state index contributed by atoms with van der Waals surface area (Å²) in [7, 11) is 0. The Hall–Kier alpha value is -3.81. The maximum absolute atomic E-state index is 12.9. The molecule has 0 saturated carbocycles. The van der Waals surface area contributed by atoms with Crippen LogP contribution in [0.15, 0.2) is 78.9 Å². The van der Waals surface area contributed by atoms with Crippen LogP contribution >= 0.6 is 0 Å². The Balaban J connectivity index is 1.62. The highest BCUT2D eigenvalue weighted by Gasteiger charge is 2.31. The van der Waals surface area contributed by atoms with Crippen LogP contribution in [0.4, 0.5) is 13.2 Å². The fourth-order valence-corrected chi connectivity index (χ4v) is 2.98. The highest BCUT2D eigenvalue weighted by atomic mass is 19.4. The fourth-order valence-electron chi connectivity index (χ4n) is 2.98. The number of hydrogen-bond acceptors (Lipinski definition) is 3. The summed E-state index contributed by atoms with van der Waals surface area (Å²) in [5, 5.41) is 11.7. The maximum Gasteiger partial charge on any atom is 0.416 e. The molecule has 0 aliphatic rings. The zero-order chi connectivity index (χ0) is 23.1. The number of carbonyl (C=O) groups excluding carboxylic acids is 1. The summed E-state index contributed by atoms with van der Waals surface area (Å²) in [4.78, 5) is 23.9. The quantitative estimate of drug-likeness (QED) is 0.529. The Morgan fingerprint density at radius 1 is 0.906 bits per heavy atom. The van der Waals surface area contributed by atoms with Gasteiger partial charge < -0.3 is 15.2 Å². The number of carbonyl (C=O) groups is 2. The number of nitrogens with one attached hydrogen (secondary N) is 1. The van der Waals surface area contributed by atoms with E-state index in [4.69, 9.17) is 4.74 Å². The predicted molar refractivity (Wildman–Crippen MR) is 111 cm³/mol. The molecule has 0 aliphatic heterocycles. The smallest absolute Gasteiger partial charge is 0.416 e. The lowest BCUT2D eigenvalue weighted by Gasteiger charge is -2.16. The lowest BCUT2D eigenvalue weighted by atomic mass is 10.0. The molecule has 3 aromatic rings. The number of halogens is 3. The minimum atomic E-state index is -4.60. The van der Waals surface area contributed by atoms with Gasteiger partial charge in [0.2, 0.25) is 0 Å². The second-order valence-corrected chi connectivity index (χ2v) is 7.07. The molecule has 0 radical (unpaired) electrons. The molecule has 0 unspecified atom stereocenters. The van der Waals surface area contributed by atoms with Gasteiger partial charge >= 0.3 is 12.1 Å². The Morgan fingerprint density at radius 3 is 2.22 bits per heavy atom. The first kappa shape index (κ1) is 22.9. The summed E-state index contributed by atoms with van der Waals surface area (Å²) in [6, 6.07) is 18.8. The Labute approximate surface area is 182 Å². The zero-order valence-corrected chi connectivity index (χ0v) is 16.8. The maximum atomic E-state index is 12.9. The van der Waals surface area contributed by atoms with Gasteiger partial charge in [0.25, 0.3) is 5.91 Å². The predicted octanol–water partition coefficient (Wildman–Crippen LogP) is 4.71. The van der Waals surface area contributed by atoms with Crippen LogP contribution in [-0.2, 0) is 24.0 Å². The monoisotopic (exact) mass is 443 g/mol. The molecule has 8 heteroatoms. The lowest BCUT2D eigenvalue weighted by Crippen LogP contribution is -2.42. The molecule has 0 aromatic heterocycles. The van der Waals surface area contributed by atoms with Gasteiger partial charge in [0.15, 0.2) is 0 Å². The highest BCUT2D eigenvalue weighted by Crippen LogP contribution is 2.29. The van der Waals surface area contributed by atoms with Gasteiger partial charge in [0.05, 0.1) is 5.56 Å². The Kier molecular flexibility index (Phi) is 7.14. The van der Waals surface area contributed by atoms with Crippen LogP contribution in [-0.4, -0.2) is 23.0 Å². The number of aliphatic carboxylic acids is 1. The minimum Gasteiger partial charge on any atom is -0.489 e. The van der Waals surface area contributed by atoms with Crippen LogP contribution in [0, 0.1) is 0 Å². The van der Waals surface area contributed by atoms with Crippen LogP contribution in [0.1, 0.15) is 27.0 Å². The molecule has 5 nitrogen and oxygen atoms in total. The largest absolute Gasteiger partial charge is 0.489 e. The van der Waals surface area contributed by atoms with E-state index >= 15 is 0 Å². The van der Waals surface area contributed by atoms with Crippen molar-refractivity contribution in [2.24, 2.45) is 0 Å². The SMILES string of the molecule is O=C(N[C@@H](Cc1ccc(OCc2ccccc2)cc1)C(=O)O)c1cccc(C(F)(F)F)c1. The van der Waals surface area contributed by atoms with E-state index in [1.807, 2.05) is 30.3 Å². The van der Waals surface area contributed by atoms with Gasteiger partial charge in [-0.25, -0.2) is 4.79 Å². The van der Waals surface area contributed by atoms with Crippen molar-refractivity contribution < 1.29 is 32.6 Å². The third-order valence-electron chi connectivity index (χ3n) is 4.67. The first-order valence-corrected chi connectivity index (χ1v) is 9.69. The minimum absolute atomic E-state index is 0.0427. The van der Waals surface area contributed by atoms with E-state index in [2.05, 4.69) is 5.32 Å². The first-order valence-electron chi connectivity index (χ1n) is 9.69. The van der Waals surface area contributed by atoms with Gasteiger partial charge in [0.1, 0.15) is 18.4 Å². The molecule has 32 heavy (non-hydrogen) atoms. The van der Waals surface area contributed by atoms with Crippen molar-refractivity contribution in [1.82, 2.24) is 5.32 Å². The van der Waals surface area contributed by atoms with Gasteiger partial charge in [-0.1, -0.05) is 48.5 Å². The number of carboxylic acid groups (broad SMARTS) is 1. The molecule has 0 spiro atoms. The average molecular weight is 443 g/mol. The van der Waals surface area contributed by atoms with Gasteiger partial charge in [0, 0.05) is 12.0 Å². The molecule has 3 aromatic carbocycles. The van der Waals surface area contributed by atoms with Gasteiger partial charge in [-0.2, -0.15) is 13.2 Å². The van der Waals surface area contributed by atoms with Gasteiger partial charge in [-0.15, -0.1) is 0 Å². The first-order chi connectivity index (χ1) is 15.2. The van der Waals surface area contributed by atoms with Crippen LogP contribution in [0.5, 0.6) is 5.75 Å². The molecule has 1 amide bonds. The number of hydrogen-bond donors (Lipinski definition) is 2. The van der Waals surface area contributed by atoms with Crippen molar-refractivity contribution in [2.45, 2.75) is 25.2 Å². The molecular formula is C24H20F3NO4. The zero-order valence-electron chi connectivity index (χ0n) is 16.8. The Bertz CT molecular complexity index is 1070. The normalized spacial score (nSPS) is 12.1. The Morgan fingerprint density at radius 2 is 1.59 bits per heavy atom. The second-order valence-electron chi connectivity index (χ2n) is 7.07. The van der Waals surface area contributed by atoms with E-state index in [1.165, 1.54) is 6.07 Å². The average Bonchev–Trinajstić information content (AvgIpc) is 2.78. The summed E-state index contributed by atoms with van der Waals surface area (Å²) in [6.07, 6.45) is -4.65. The summed E-state index contributed by atoms with van der Waals surface area (Å²) in [6.45, 7) is 0.380. The van der Waals surface area contributed by atoms with E-state index in [9.17, 15) is 27.9 Å². The van der Waals surface area contributed by atoms with Crippen molar-refractivity contribution in [3.63, 3.8) is 0 Å². The van der Waals surface area contributed by atoms with Crippen molar-refractivity contribution in [1.29, 1.82) is 0 Å². The van der Waals surface area contributed by atoms with Crippen molar-refractivity contribution in [2.75, 3.05) is 0 Å². The van der Waals surface area contributed by atoms with Gasteiger partial charge in [-0.05, 0) is 41.5 Å². The van der Waals surface area contributed by atoms with E-state index in [0.717, 1.165) is 17.7 Å². The van der Waals surface area contributed by atoms with E-state index in [1.54, 1.807) is 24.3 Å². The standard InChI is InChI=1S/C24H20F3NO4/c25-24(26,27)19-8-4-7-18(14-19)22(29)28-21(23(30)31)13-16-9-11-20(12-10-16)32-15-17-5-2-1-3-6-17/h1-12,14,21H,13,15H2,(H,28,29)(H,30,31)/t21-/m0/s1. The van der Waals surface area contributed by atoms with Gasteiger partial charge in [-0.3, -0.25) is 4.79 Å². The van der Waals surface area contributed by atoms with Crippen LogP contribution < -0.4 is 10.1 Å². The molecule has 2 N–H and O–H groups in total. The van der Waals surface area contributed by atoms with Crippen LogP contribution in [0.25, 0.3) is 0 Å². The highest BCUT2D eigenvalue weighted by molar-refractivity contribution is 5.96. The third-order valence-corrected chi connectivity index (χ3v) is 4.67. The molecule has 0 heterocycles. The molecule has 3 rings (SSSR count). The number of benzene rings is 3. The van der Waals surface area contributed by atoms with Crippen molar-refractivity contribution in [3.8, 4) is 5.75 Å². The van der Waals surface area contributed by atoms with Crippen LogP contribution in [0.2, 0.25) is 0 Å². The summed E-state index contributed by atoms with van der Waals surface area (Å²) in [5.41, 5.74) is 0.368. The van der Waals surface area contributed by atoms with Crippen molar-refractivity contribution in [3.05, 3.63) is 101 Å². The molecule has 0 bridgehead atoms. The number of carboxylic acids is 1. The fraction of sp³-hybridized carbons (Fsp3) is 0.167. The number of amides is 1. The van der Waals surface area contributed by atoms with E-state index in [-0.39, 0.29) is 12.0 Å². The number of ether oxygens (including phenoxy) is 1. The summed E-state index contributed by atoms with van der Waals surface area (Å²) >= 11 is 0. The summed E-state index contributed by atoms with van der Waals surface area (Å²) in [5.74, 6) is -1.60. The second kappa shape index (κ2) is 10.00.